The van der Waals surface area contributed by atoms with Gasteiger partial charge in [0, 0.05) is 23.2 Å². The molecular weight excluding hydrogens is 206 g/mol. The van der Waals surface area contributed by atoms with Gasteiger partial charge in [-0.05, 0) is 29.9 Å². The van der Waals surface area contributed by atoms with Gasteiger partial charge in [0.25, 0.3) is 0 Å². The van der Waals surface area contributed by atoms with Crippen LogP contribution >= 0.6 is 11.6 Å². The van der Waals surface area contributed by atoms with Gasteiger partial charge in [0.15, 0.2) is 0 Å². The van der Waals surface area contributed by atoms with Gasteiger partial charge in [0.1, 0.15) is 0 Å². The monoisotopic (exact) mass is 219 g/mol. The zero-order valence-electron chi connectivity index (χ0n) is 8.94. The molecular formula is C13H14ClN. The number of halogens is 1. The van der Waals surface area contributed by atoms with Crippen LogP contribution in [0.15, 0.2) is 36.7 Å². The van der Waals surface area contributed by atoms with Gasteiger partial charge >= 0.3 is 0 Å². The van der Waals surface area contributed by atoms with E-state index in [4.69, 9.17) is 11.6 Å². The fourth-order valence-corrected chi connectivity index (χ4v) is 1.92. The molecule has 0 aliphatic rings. The first-order valence-electron chi connectivity index (χ1n) is 5.17. The third-order valence-electron chi connectivity index (χ3n) is 2.90. The third kappa shape index (κ3) is 1.98. The van der Waals surface area contributed by atoms with Crippen molar-refractivity contribution < 1.29 is 0 Å². The summed E-state index contributed by atoms with van der Waals surface area (Å²) in [4.78, 5) is 4.17. The molecule has 2 rings (SSSR count). The van der Waals surface area contributed by atoms with E-state index in [9.17, 15) is 0 Å². The Labute approximate surface area is 95.1 Å². The molecule has 0 spiro atoms. The topological polar surface area (TPSA) is 12.9 Å². The molecule has 0 aliphatic carbocycles. The first-order valence-corrected chi connectivity index (χ1v) is 5.60. The van der Waals surface area contributed by atoms with Crippen LogP contribution in [-0.4, -0.2) is 10.4 Å². The second-order valence-electron chi connectivity index (χ2n) is 3.91. The molecule has 0 saturated carbocycles. The Bertz CT molecular complexity index is 460. The maximum Gasteiger partial charge on any atom is 0.0374 e. The Morgan fingerprint density at radius 2 is 2.00 bits per heavy atom. The van der Waals surface area contributed by atoms with Gasteiger partial charge in [0.2, 0.25) is 0 Å². The van der Waals surface area contributed by atoms with Gasteiger partial charge in [-0.25, -0.2) is 0 Å². The Morgan fingerprint density at radius 3 is 2.73 bits per heavy atom. The van der Waals surface area contributed by atoms with Crippen LogP contribution in [0.25, 0.3) is 10.8 Å². The van der Waals surface area contributed by atoms with Gasteiger partial charge in [0.05, 0.1) is 0 Å². The van der Waals surface area contributed by atoms with E-state index in [-0.39, 0.29) is 5.38 Å². The number of aromatic nitrogens is 1. The first kappa shape index (κ1) is 10.4. The molecule has 1 nitrogen and oxygen atoms in total. The quantitative estimate of drug-likeness (QED) is 0.697. The second-order valence-corrected chi connectivity index (χ2v) is 4.60. The molecule has 2 aromatic rings. The van der Waals surface area contributed by atoms with Crippen LogP contribution < -0.4 is 0 Å². The zero-order chi connectivity index (χ0) is 10.8. The molecule has 15 heavy (non-hydrogen) atoms. The van der Waals surface area contributed by atoms with E-state index in [1.165, 1.54) is 16.3 Å². The smallest absolute Gasteiger partial charge is 0.0374 e. The van der Waals surface area contributed by atoms with Crippen LogP contribution in [0.5, 0.6) is 0 Å². The lowest BCUT2D eigenvalue weighted by Crippen LogP contribution is -2.05. The number of benzene rings is 1. The van der Waals surface area contributed by atoms with E-state index >= 15 is 0 Å². The SMILES string of the molecule is CC(Cl)C(C)c1cccc2ccncc12. The summed E-state index contributed by atoms with van der Waals surface area (Å²) in [6.07, 6.45) is 3.74. The zero-order valence-corrected chi connectivity index (χ0v) is 9.70. The molecule has 2 atom stereocenters. The van der Waals surface area contributed by atoms with Gasteiger partial charge in [-0.2, -0.15) is 0 Å². The molecule has 0 bridgehead atoms. The largest absolute Gasteiger partial charge is 0.264 e. The van der Waals surface area contributed by atoms with E-state index in [2.05, 4.69) is 30.1 Å². The van der Waals surface area contributed by atoms with Crippen molar-refractivity contribution in [2.45, 2.75) is 25.1 Å². The van der Waals surface area contributed by atoms with Crippen LogP contribution in [0.2, 0.25) is 0 Å². The summed E-state index contributed by atoms with van der Waals surface area (Å²) in [6.45, 7) is 4.18. The Hall–Kier alpha value is -1.08. The molecule has 0 aliphatic heterocycles. The molecule has 1 aromatic carbocycles. The number of hydrogen-bond donors (Lipinski definition) is 0. The van der Waals surface area contributed by atoms with Crippen LogP contribution in [0, 0.1) is 0 Å². The van der Waals surface area contributed by atoms with Crippen LogP contribution in [0.3, 0.4) is 0 Å². The highest BCUT2D eigenvalue weighted by Gasteiger charge is 2.13. The fraction of sp³-hybridized carbons (Fsp3) is 0.308. The Kier molecular flexibility index (Phi) is 2.92. The molecule has 1 aromatic heterocycles. The minimum atomic E-state index is 0.135. The van der Waals surface area contributed by atoms with Crippen molar-refractivity contribution in [3.63, 3.8) is 0 Å². The van der Waals surface area contributed by atoms with E-state index in [1.54, 1.807) is 0 Å². The summed E-state index contributed by atoms with van der Waals surface area (Å²) in [5.74, 6) is 0.347. The minimum Gasteiger partial charge on any atom is -0.264 e. The lowest BCUT2D eigenvalue weighted by atomic mass is 9.94. The highest BCUT2D eigenvalue weighted by molar-refractivity contribution is 6.21. The summed E-state index contributed by atoms with van der Waals surface area (Å²) < 4.78 is 0. The van der Waals surface area contributed by atoms with Crippen molar-refractivity contribution in [1.29, 1.82) is 0 Å². The predicted molar refractivity (Wildman–Crippen MR) is 65.5 cm³/mol. The van der Waals surface area contributed by atoms with Crippen molar-refractivity contribution >= 4 is 22.4 Å². The van der Waals surface area contributed by atoms with E-state index in [0.717, 1.165) is 0 Å². The first-order chi connectivity index (χ1) is 7.20. The van der Waals surface area contributed by atoms with Crippen molar-refractivity contribution in [1.82, 2.24) is 4.98 Å². The average Bonchev–Trinajstić information content (AvgIpc) is 2.27. The molecule has 0 radical (unpaired) electrons. The van der Waals surface area contributed by atoms with Gasteiger partial charge < -0.3 is 0 Å². The number of pyridine rings is 1. The maximum absolute atomic E-state index is 6.14. The van der Waals surface area contributed by atoms with Crippen molar-refractivity contribution in [2.75, 3.05) is 0 Å². The highest BCUT2D eigenvalue weighted by Crippen LogP contribution is 2.28. The molecule has 2 heteroatoms. The standard InChI is InChI=1S/C13H14ClN/c1-9(10(2)14)12-5-3-4-11-6-7-15-8-13(11)12/h3-10H,1-2H3. The summed E-state index contributed by atoms with van der Waals surface area (Å²) in [5, 5.41) is 2.57. The number of fused-ring (bicyclic) bond motifs is 1. The van der Waals surface area contributed by atoms with Crippen LogP contribution in [0.1, 0.15) is 25.3 Å². The van der Waals surface area contributed by atoms with Crippen molar-refractivity contribution in [3.05, 3.63) is 42.2 Å². The number of nitrogens with zero attached hydrogens (tertiary/aromatic N) is 1. The van der Waals surface area contributed by atoms with Crippen molar-refractivity contribution in [3.8, 4) is 0 Å². The fourth-order valence-electron chi connectivity index (χ4n) is 1.78. The van der Waals surface area contributed by atoms with Gasteiger partial charge in [-0.15, -0.1) is 11.6 Å². The Balaban J connectivity index is 2.60. The molecule has 0 N–H and O–H groups in total. The summed E-state index contributed by atoms with van der Waals surface area (Å²) in [5.41, 5.74) is 1.28. The molecule has 78 valence electrons. The summed E-state index contributed by atoms with van der Waals surface area (Å²) >= 11 is 6.14. The molecule has 2 unspecified atom stereocenters. The minimum absolute atomic E-state index is 0.135. The van der Waals surface area contributed by atoms with E-state index < -0.39 is 0 Å². The molecule has 0 fully saturated rings. The average molecular weight is 220 g/mol. The molecule has 1 heterocycles. The normalized spacial score (nSPS) is 15.1. The number of rotatable bonds is 2. The lowest BCUT2D eigenvalue weighted by molar-refractivity contribution is 0.748. The van der Waals surface area contributed by atoms with Gasteiger partial charge in [-0.3, -0.25) is 4.98 Å². The van der Waals surface area contributed by atoms with Crippen LogP contribution in [-0.2, 0) is 0 Å². The van der Waals surface area contributed by atoms with Crippen LogP contribution in [0.4, 0.5) is 0 Å². The predicted octanol–water partition coefficient (Wildman–Crippen LogP) is 3.97. The maximum atomic E-state index is 6.14. The molecule has 0 saturated heterocycles. The second kappa shape index (κ2) is 4.19. The van der Waals surface area contributed by atoms with Crippen molar-refractivity contribution in [2.24, 2.45) is 0 Å². The summed E-state index contributed by atoms with van der Waals surface area (Å²) in [7, 11) is 0. The van der Waals surface area contributed by atoms with E-state index in [1.807, 2.05) is 25.4 Å². The van der Waals surface area contributed by atoms with E-state index in [0.29, 0.717) is 5.92 Å². The van der Waals surface area contributed by atoms with Gasteiger partial charge in [-0.1, -0.05) is 25.1 Å². The Morgan fingerprint density at radius 1 is 1.20 bits per heavy atom. The number of alkyl halides is 1. The summed E-state index contributed by atoms with van der Waals surface area (Å²) in [6, 6.07) is 8.34. The third-order valence-corrected chi connectivity index (χ3v) is 3.27. The number of hydrogen-bond acceptors (Lipinski definition) is 1. The molecule has 0 amide bonds. The lowest BCUT2D eigenvalue weighted by Gasteiger charge is -2.16. The highest BCUT2D eigenvalue weighted by atomic mass is 35.5.